The lowest BCUT2D eigenvalue weighted by atomic mass is 9.90. The molecule has 2 saturated heterocycles. The summed E-state index contributed by atoms with van der Waals surface area (Å²) in [5.74, 6) is 0.429. The number of carbonyl (C=O) groups is 2. The maximum absolute atomic E-state index is 12.9. The van der Waals surface area contributed by atoms with Crippen LogP contribution in [0.4, 0.5) is 0 Å². The predicted molar refractivity (Wildman–Crippen MR) is 124 cm³/mol. The van der Waals surface area contributed by atoms with Crippen LogP contribution in [0, 0.1) is 5.92 Å². The lowest BCUT2D eigenvalue weighted by Crippen LogP contribution is -2.44. The summed E-state index contributed by atoms with van der Waals surface area (Å²) in [6, 6.07) is 4.05. The molecule has 3 aromatic rings. The molecule has 8 heteroatoms. The number of amides is 1. The Labute approximate surface area is 191 Å². The quantitative estimate of drug-likeness (QED) is 0.575. The van der Waals surface area contributed by atoms with Crippen molar-refractivity contribution < 1.29 is 9.59 Å². The number of hydrogen-bond acceptors (Lipinski definition) is 7. The van der Waals surface area contributed by atoms with Gasteiger partial charge in [0, 0.05) is 54.5 Å². The number of aromatic nitrogens is 3. The van der Waals surface area contributed by atoms with E-state index in [-0.39, 0.29) is 17.6 Å². The molecule has 166 valence electrons. The summed E-state index contributed by atoms with van der Waals surface area (Å²) in [5, 5.41) is 0.982. The zero-order valence-electron chi connectivity index (χ0n) is 18.1. The molecule has 2 fully saturated rings. The second-order valence-corrected chi connectivity index (χ2v) is 9.63. The van der Waals surface area contributed by atoms with Crippen LogP contribution in [0.5, 0.6) is 0 Å². The van der Waals surface area contributed by atoms with Gasteiger partial charge in [0.05, 0.1) is 28.6 Å². The topological polar surface area (TPSA) is 79.3 Å². The third-order valence-electron chi connectivity index (χ3n) is 6.56. The largest absolute Gasteiger partial charge is 0.342 e. The minimum Gasteiger partial charge on any atom is -0.342 e. The number of hydrogen-bond donors (Lipinski definition) is 0. The number of thiazole rings is 1. The Kier molecular flexibility index (Phi) is 6.23. The summed E-state index contributed by atoms with van der Waals surface area (Å²) in [4.78, 5) is 43.8. The van der Waals surface area contributed by atoms with E-state index in [9.17, 15) is 9.59 Å². The van der Waals surface area contributed by atoms with Crippen LogP contribution < -0.4 is 0 Å². The molecule has 2 aliphatic heterocycles. The number of Topliss-reactive ketones (excluding diaryl/α,β-unsaturated/α-hetero) is 1. The van der Waals surface area contributed by atoms with Crippen molar-refractivity contribution in [2.75, 3.05) is 32.7 Å². The van der Waals surface area contributed by atoms with Gasteiger partial charge in [-0.25, -0.2) is 0 Å². The number of carbonyl (C=O) groups excluding carboxylic acids is 2. The van der Waals surface area contributed by atoms with Crippen molar-refractivity contribution in [1.29, 1.82) is 0 Å². The summed E-state index contributed by atoms with van der Waals surface area (Å²) >= 11 is 1.58. The van der Waals surface area contributed by atoms with E-state index >= 15 is 0 Å². The number of piperidine rings is 1. The molecule has 0 unspecified atom stereocenters. The molecule has 32 heavy (non-hydrogen) atoms. The minimum atomic E-state index is 0.00462. The van der Waals surface area contributed by atoms with Gasteiger partial charge in [0.2, 0.25) is 5.91 Å². The molecule has 1 amide bonds. The molecule has 0 spiro atoms. The normalized spacial score (nSPS) is 17.8. The van der Waals surface area contributed by atoms with Gasteiger partial charge in [0.1, 0.15) is 5.78 Å². The molecule has 0 aromatic carbocycles. The highest BCUT2D eigenvalue weighted by atomic mass is 32.1. The maximum atomic E-state index is 12.9. The van der Waals surface area contributed by atoms with Crippen LogP contribution in [0.3, 0.4) is 0 Å². The standard InChI is InChI=1S/C24H27N5O2S/c30-22(17-3-7-29(8-4-17)24(31)15-28-5-1-2-6-28)11-20-10-18-9-19(23-14-25-16-32-23)12-27-21(18)13-26-20/h9-10,12-14,16-17H,1-8,11,15H2. The average molecular weight is 450 g/mol. The molecule has 0 aliphatic carbocycles. The van der Waals surface area contributed by atoms with Crippen LogP contribution in [-0.2, 0) is 16.0 Å². The molecule has 5 rings (SSSR count). The minimum absolute atomic E-state index is 0.00462. The molecule has 3 aromatic heterocycles. The highest BCUT2D eigenvalue weighted by molar-refractivity contribution is 7.13. The first kappa shape index (κ1) is 21.2. The SMILES string of the molecule is O=C(Cc1cc2cc(-c3cncs3)cnc2cn1)C1CCN(C(=O)CN2CCCC2)CC1. The van der Waals surface area contributed by atoms with Gasteiger partial charge in [-0.2, -0.15) is 0 Å². The molecule has 2 aliphatic rings. The molecule has 5 heterocycles. The fraction of sp³-hybridized carbons (Fsp3) is 0.458. The Balaban J connectivity index is 1.19. The second-order valence-electron chi connectivity index (χ2n) is 8.74. The zero-order valence-corrected chi connectivity index (χ0v) is 18.9. The average Bonchev–Trinajstić information content (AvgIpc) is 3.53. The van der Waals surface area contributed by atoms with Crippen LogP contribution >= 0.6 is 11.3 Å². The fourth-order valence-electron chi connectivity index (χ4n) is 4.67. The summed E-state index contributed by atoms with van der Waals surface area (Å²) < 4.78 is 0. The monoisotopic (exact) mass is 449 g/mol. The van der Waals surface area contributed by atoms with E-state index < -0.39 is 0 Å². The summed E-state index contributed by atoms with van der Waals surface area (Å²) in [6.07, 6.45) is 9.61. The Hall–Kier alpha value is -2.71. The van der Waals surface area contributed by atoms with E-state index in [1.807, 2.05) is 23.4 Å². The van der Waals surface area contributed by atoms with E-state index in [0.29, 0.717) is 26.1 Å². The van der Waals surface area contributed by atoms with E-state index in [1.54, 1.807) is 23.0 Å². The number of fused-ring (bicyclic) bond motifs is 1. The van der Waals surface area contributed by atoms with Crippen molar-refractivity contribution in [2.24, 2.45) is 5.92 Å². The molecule has 0 saturated carbocycles. The third kappa shape index (κ3) is 4.71. The Morgan fingerprint density at radius 3 is 2.56 bits per heavy atom. The second kappa shape index (κ2) is 9.42. The first-order valence-electron chi connectivity index (χ1n) is 11.3. The van der Waals surface area contributed by atoms with Crippen molar-refractivity contribution in [3.8, 4) is 10.4 Å². The van der Waals surface area contributed by atoms with E-state index in [1.165, 1.54) is 12.8 Å². The van der Waals surface area contributed by atoms with E-state index in [2.05, 4.69) is 25.9 Å². The number of rotatable bonds is 6. The molecular formula is C24H27N5O2S. The summed E-state index contributed by atoms with van der Waals surface area (Å²) in [6.45, 7) is 3.94. The number of likely N-dealkylation sites (tertiary alicyclic amines) is 2. The Morgan fingerprint density at radius 1 is 1.00 bits per heavy atom. The lowest BCUT2D eigenvalue weighted by Gasteiger charge is -2.32. The van der Waals surface area contributed by atoms with Crippen molar-refractivity contribution in [3.05, 3.63) is 41.9 Å². The van der Waals surface area contributed by atoms with Crippen molar-refractivity contribution >= 4 is 33.9 Å². The van der Waals surface area contributed by atoms with Gasteiger partial charge >= 0.3 is 0 Å². The van der Waals surface area contributed by atoms with Gasteiger partial charge in [-0.1, -0.05) is 0 Å². The number of ketones is 1. The van der Waals surface area contributed by atoms with Crippen LogP contribution in [0.15, 0.2) is 36.2 Å². The zero-order chi connectivity index (χ0) is 21.9. The van der Waals surface area contributed by atoms with Crippen molar-refractivity contribution in [1.82, 2.24) is 24.8 Å². The van der Waals surface area contributed by atoms with E-state index in [4.69, 9.17) is 0 Å². The van der Waals surface area contributed by atoms with Crippen molar-refractivity contribution in [2.45, 2.75) is 32.1 Å². The van der Waals surface area contributed by atoms with Gasteiger partial charge in [0.25, 0.3) is 0 Å². The van der Waals surface area contributed by atoms with Gasteiger partial charge in [-0.15, -0.1) is 11.3 Å². The Morgan fingerprint density at radius 2 is 1.81 bits per heavy atom. The van der Waals surface area contributed by atoms with Crippen LogP contribution in [0.1, 0.15) is 31.4 Å². The third-order valence-corrected chi connectivity index (χ3v) is 7.38. The maximum Gasteiger partial charge on any atom is 0.236 e. The van der Waals surface area contributed by atoms with Crippen LogP contribution in [0.25, 0.3) is 21.3 Å². The predicted octanol–water partition coefficient (Wildman–Crippen LogP) is 3.20. The molecule has 0 bridgehead atoms. The summed E-state index contributed by atoms with van der Waals surface area (Å²) in [7, 11) is 0. The lowest BCUT2D eigenvalue weighted by molar-refractivity contribution is -0.135. The molecule has 0 N–H and O–H groups in total. The summed E-state index contributed by atoms with van der Waals surface area (Å²) in [5.41, 5.74) is 4.42. The van der Waals surface area contributed by atoms with Gasteiger partial charge in [0.15, 0.2) is 0 Å². The van der Waals surface area contributed by atoms with Gasteiger partial charge in [-0.05, 0) is 50.9 Å². The first-order valence-corrected chi connectivity index (χ1v) is 12.2. The smallest absolute Gasteiger partial charge is 0.236 e. The van der Waals surface area contributed by atoms with E-state index in [0.717, 1.165) is 53.0 Å². The molecular weight excluding hydrogens is 422 g/mol. The molecule has 7 nitrogen and oxygen atoms in total. The Bertz CT molecular complexity index is 1100. The number of pyridine rings is 2. The fourth-order valence-corrected chi connectivity index (χ4v) is 5.28. The number of nitrogens with zero attached hydrogens (tertiary/aromatic N) is 5. The highest BCUT2D eigenvalue weighted by Gasteiger charge is 2.28. The highest BCUT2D eigenvalue weighted by Crippen LogP contribution is 2.26. The first-order chi connectivity index (χ1) is 15.7. The van der Waals surface area contributed by atoms with Gasteiger partial charge < -0.3 is 4.90 Å². The molecule has 0 atom stereocenters. The van der Waals surface area contributed by atoms with Crippen molar-refractivity contribution in [3.63, 3.8) is 0 Å². The van der Waals surface area contributed by atoms with Crippen LogP contribution in [-0.4, -0.2) is 69.2 Å². The van der Waals surface area contributed by atoms with Gasteiger partial charge in [-0.3, -0.25) is 29.4 Å². The van der Waals surface area contributed by atoms with Crippen LogP contribution in [0.2, 0.25) is 0 Å². The molecule has 0 radical (unpaired) electrons.